The van der Waals surface area contributed by atoms with E-state index in [-0.39, 0.29) is 18.2 Å². The molecule has 2 amide bonds. The number of hydrogen-bond acceptors (Lipinski definition) is 5. The zero-order valence-electron chi connectivity index (χ0n) is 17.8. The van der Waals surface area contributed by atoms with E-state index < -0.39 is 18.1 Å². The van der Waals surface area contributed by atoms with Crippen LogP contribution in [0.3, 0.4) is 0 Å². The maximum Gasteiger partial charge on any atom is 0.309 e. The molecule has 2 unspecified atom stereocenters. The highest BCUT2D eigenvalue weighted by atomic mass is 16.5. The third kappa shape index (κ3) is 6.92. The van der Waals surface area contributed by atoms with Crippen molar-refractivity contribution in [2.24, 2.45) is 0 Å². The fourth-order valence-electron chi connectivity index (χ4n) is 3.04. The smallest absolute Gasteiger partial charge is 0.309 e. The van der Waals surface area contributed by atoms with Crippen molar-refractivity contribution >= 4 is 17.8 Å². The van der Waals surface area contributed by atoms with Crippen LogP contribution in [0, 0.1) is 0 Å². The molecule has 0 aliphatic heterocycles. The molecule has 2 atom stereocenters. The summed E-state index contributed by atoms with van der Waals surface area (Å²) in [5, 5.41) is 2.75. The summed E-state index contributed by atoms with van der Waals surface area (Å²) < 4.78 is 10.5. The summed E-state index contributed by atoms with van der Waals surface area (Å²) in [6.45, 7) is 3.34. The summed E-state index contributed by atoms with van der Waals surface area (Å²) in [5.41, 5.74) is 1.72. The van der Waals surface area contributed by atoms with Gasteiger partial charge in [0.1, 0.15) is 5.75 Å². The van der Waals surface area contributed by atoms with Gasteiger partial charge in [-0.05, 0) is 30.2 Å². The molecule has 30 heavy (non-hydrogen) atoms. The van der Waals surface area contributed by atoms with Crippen molar-refractivity contribution < 1.29 is 23.9 Å². The largest absolute Gasteiger partial charge is 0.497 e. The summed E-state index contributed by atoms with van der Waals surface area (Å²) in [6.07, 6.45) is -1.02. The first-order valence-corrected chi connectivity index (χ1v) is 9.69. The van der Waals surface area contributed by atoms with E-state index in [0.29, 0.717) is 12.3 Å². The van der Waals surface area contributed by atoms with Crippen LogP contribution in [0.1, 0.15) is 37.4 Å². The second-order valence-electron chi connectivity index (χ2n) is 7.04. The molecule has 0 spiro atoms. The number of carbonyl (C=O) groups excluding carboxylic acids is 3. The molecule has 7 heteroatoms. The number of likely N-dealkylation sites (N-methyl/N-ethyl adjacent to an activating group) is 1. The summed E-state index contributed by atoms with van der Waals surface area (Å²) >= 11 is 0. The third-order valence-corrected chi connectivity index (χ3v) is 4.56. The highest BCUT2D eigenvalue weighted by Crippen LogP contribution is 2.21. The summed E-state index contributed by atoms with van der Waals surface area (Å²) in [6, 6.07) is 16.0. The number of nitrogens with zero attached hydrogens (tertiary/aromatic N) is 1. The van der Waals surface area contributed by atoms with Gasteiger partial charge in [-0.2, -0.15) is 0 Å². The molecule has 0 aromatic heterocycles. The normalized spacial score (nSPS) is 12.4. The van der Waals surface area contributed by atoms with E-state index in [1.54, 1.807) is 45.3 Å². The molecule has 2 aromatic carbocycles. The van der Waals surface area contributed by atoms with Crippen LogP contribution in [0.5, 0.6) is 5.75 Å². The highest BCUT2D eigenvalue weighted by molar-refractivity contribution is 5.83. The molecule has 2 rings (SSSR count). The Bertz CT molecular complexity index is 852. The number of hydrogen-bond donors (Lipinski definition) is 1. The minimum Gasteiger partial charge on any atom is -0.497 e. The maximum absolute atomic E-state index is 12.6. The molecule has 1 N–H and O–H groups in total. The Kier molecular flexibility index (Phi) is 8.41. The van der Waals surface area contributed by atoms with E-state index in [1.165, 1.54) is 11.8 Å². The lowest BCUT2D eigenvalue weighted by Gasteiger charge is -2.23. The van der Waals surface area contributed by atoms with Gasteiger partial charge < -0.3 is 19.7 Å². The zero-order valence-corrected chi connectivity index (χ0v) is 17.8. The predicted octanol–water partition coefficient (Wildman–Crippen LogP) is 2.85. The Balaban J connectivity index is 1.97. The van der Waals surface area contributed by atoms with Crippen molar-refractivity contribution in [3.8, 4) is 5.75 Å². The molecular formula is C23H28N2O5. The first kappa shape index (κ1) is 22.9. The highest BCUT2D eigenvalue weighted by Gasteiger charge is 2.24. The van der Waals surface area contributed by atoms with Gasteiger partial charge >= 0.3 is 5.97 Å². The topological polar surface area (TPSA) is 84.9 Å². The van der Waals surface area contributed by atoms with Crippen LogP contribution >= 0.6 is 0 Å². The fraction of sp³-hybridized carbons (Fsp3) is 0.348. The van der Waals surface area contributed by atoms with Gasteiger partial charge in [-0.1, -0.05) is 42.5 Å². The first-order valence-electron chi connectivity index (χ1n) is 9.69. The third-order valence-electron chi connectivity index (χ3n) is 4.56. The molecule has 0 heterocycles. The van der Waals surface area contributed by atoms with Crippen molar-refractivity contribution in [3.63, 3.8) is 0 Å². The molecule has 0 saturated carbocycles. The van der Waals surface area contributed by atoms with Crippen LogP contribution < -0.4 is 10.1 Å². The predicted molar refractivity (Wildman–Crippen MR) is 113 cm³/mol. The Hall–Kier alpha value is -3.35. The Morgan fingerprint density at radius 1 is 1.03 bits per heavy atom. The lowest BCUT2D eigenvalue weighted by molar-refractivity contribution is -0.159. The number of ether oxygens (including phenoxy) is 2. The van der Waals surface area contributed by atoms with Crippen molar-refractivity contribution in [1.82, 2.24) is 10.2 Å². The van der Waals surface area contributed by atoms with Gasteiger partial charge in [-0.25, -0.2) is 0 Å². The monoisotopic (exact) mass is 412 g/mol. The van der Waals surface area contributed by atoms with Gasteiger partial charge in [0.2, 0.25) is 5.91 Å². The van der Waals surface area contributed by atoms with Crippen molar-refractivity contribution in [3.05, 3.63) is 65.7 Å². The second kappa shape index (κ2) is 11.0. The van der Waals surface area contributed by atoms with Crippen LogP contribution in [0.2, 0.25) is 0 Å². The average Bonchev–Trinajstić information content (AvgIpc) is 2.73. The van der Waals surface area contributed by atoms with Gasteiger partial charge in [0, 0.05) is 20.5 Å². The van der Waals surface area contributed by atoms with Gasteiger partial charge in [0.25, 0.3) is 5.91 Å². The average molecular weight is 412 g/mol. The number of carbonyl (C=O) groups is 3. The molecule has 0 saturated heterocycles. The molecule has 160 valence electrons. The van der Waals surface area contributed by atoms with Gasteiger partial charge in [-0.15, -0.1) is 0 Å². The van der Waals surface area contributed by atoms with Crippen LogP contribution in [0.4, 0.5) is 0 Å². The Labute approximate surface area is 177 Å². The van der Waals surface area contributed by atoms with Gasteiger partial charge in [0.05, 0.1) is 19.6 Å². The van der Waals surface area contributed by atoms with Crippen LogP contribution in [0.25, 0.3) is 0 Å². The summed E-state index contributed by atoms with van der Waals surface area (Å²) in [4.78, 5) is 38.1. The lowest BCUT2D eigenvalue weighted by atomic mass is 10.0. The molecule has 0 fully saturated rings. The van der Waals surface area contributed by atoms with Gasteiger partial charge in [0.15, 0.2) is 6.10 Å². The van der Waals surface area contributed by atoms with Crippen molar-refractivity contribution in [2.45, 2.75) is 39.0 Å². The number of rotatable bonds is 9. The number of esters is 1. The Morgan fingerprint density at radius 2 is 1.67 bits per heavy atom. The zero-order chi connectivity index (χ0) is 22.1. The lowest BCUT2D eigenvalue weighted by Crippen LogP contribution is -2.37. The summed E-state index contributed by atoms with van der Waals surface area (Å²) in [7, 11) is 3.22. The molecule has 0 aliphatic carbocycles. The van der Waals surface area contributed by atoms with Crippen LogP contribution in [0.15, 0.2) is 54.6 Å². The van der Waals surface area contributed by atoms with Crippen LogP contribution in [-0.2, 0) is 25.7 Å². The van der Waals surface area contributed by atoms with Crippen molar-refractivity contribution in [1.29, 1.82) is 0 Å². The molecule has 0 bridgehead atoms. The van der Waals surface area contributed by atoms with E-state index in [4.69, 9.17) is 9.47 Å². The SMILES string of the molecule is COc1ccc(C(CC(=O)OC(C)C(=O)N(C)Cc2ccccc2)NC(C)=O)cc1. The molecule has 2 aromatic rings. The maximum atomic E-state index is 12.6. The van der Waals surface area contributed by atoms with E-state index in [1.807, 2.05) is 30.3 Å². The Morgan fingerprint density at radius 3 is 2.23 bits per heavy atom. The molecule has 7 nitrogen and oxygen atoms in total. The standard InChI is InChI=1S/C23H28N2O5/c1-16(23(28)25(3)15-18-8-6-5-7-9-18)30-22(27)14-21(24-17(2)26)19-10-12-20(29-4)13-11-19/h5-13,16,21H,14-15H2,1-4H3,(H,24,26). The molecular weight excluding hydrogens is 384 g/mol. The number of methoxy groups -OCH3 is 1. The number of amides is 2. The van der Waals surface area contributed by atoms with E-state index in [0.717, 1.165) is 11.1 Å². The quantitative estimate of drug-likeness (QED) is 0.640. The molecule has 0 aliphatic rings. The minimum absolute atomic E-state index is 0.0913. The van der Waals surface area contributed by atoms with E-state index >= 15 is 0 Å². The number of benzene rings is 2. The first-order chi connectivity index (χ1) is 14.3. The van der Waals surface area contributed by atoms with E-state index in [2.05, 4.69) is 5.32 Å². The second-order valence-corrected chi connectivity index (χ2v) is 7.04. The number of nitrogens with one attached hydrogen (secondary N) is 1. The van der Waals surface area contributed by atoms with Crippen molar-refractivity contribution in [2.75, 3.05) is 14.2 Å². The van der Waals surface area contributed by atoms with Gasteiger partial charge in [-0.3, -0.25) is 14.4 Å². The molecule has 0 radical (unpaired) electrons. The minimum atomic E-state index is -0.931. The van der Waals surface area contributed by atoms with E-state index in [9.17, 15) is 14.4 Å². The summed E-state index contributed by atoms with van der Waals surface area (Å²) in [5.74, 6) is -0.467. The van der Waals surface area contributed by atoms with Crippen LogP contribution in [-0.4, -0.2) is 42.9 Å². The fourth-order valence-corrected chi connectivity index (χ4v) is 3.04.